The van der Waals surface area contributed by atoms with Crippen molar-refractivity contribution in [1.82, 2.24) is 0 Å². The van der Waals surface area contributed by atoms with Crippen molar-refractivity contribution in [3.05, 3.63) is 23.6 Å². The van der Waals surface area contributed by atoms with Crippen LogP contribution in [0.1, 0.15) is 66.2 Å². The van der Waals surface area contributed by atoms with Crippen molar-refractivity contribution in [1.29, 1.82) is 0 Å². The first-order valence-corrected chi connectivity index (χ1v) is 12.1. The third kappa shape index (κ3) is 3.14. The fourth-order valence-corrected chi connectivity index (χ4v) is 8.13. The number of carbonyl (C=O) groups is 3. The van der Waals surface area contributed by atoms with Crippen molar-refractivity contribution in [3.63, 3.8) is 0 Å². The fourth-order valence-electron chi connectivity index (χ4n) is 8.13. The third-order valence-electron chi connectivity index (χ3n) is 9.39. The molecule has 7 heteroatoms. The molecule has 5 nitrogen and oxygen atoms in total. The summed E-state index contributed by atoms with van der Waals surface area (Å²) in [6.45, 7) is 6.14. The van der Waals surface area contributed by atoms with Gasteiger partial charge in [0.05, 0.1) is 6.10 Å². The fraction of sp³-hybridized carbons (Fsp3) is 0.731. The minimum absolute atomic E-state index is 0.0836. The van der Waals surface area contributed by atoms with E-state index in [1.807, 2.05) is 27.7 Å². The van der Waals surface area contributed by atoms with Gasteiger partial charge in [-0.3, -0.25) is 14.4 Å². The highest BCUT2D eigenvalue weighted by atomic mass is 19.1. The number of halogens is 2. The number of alkyl halides is 1. The number of aliphatic hydroxyl groups is 1. The number of ether oxygens (including phenoxy) is 1. The van der Waals surface area contributed by atoms with Crippen molar-refractivity contribution in [2.45, 2.75) is 77.9 Å². The molecule has 3 saturated carbocycles. The molecule has 0 heterocycles. The Labute approximate surface area is 193 Å². The lowest BCUT2D eigenvalue weighted by Gasteiger charge is -2.59. The van der Waals surface area contributed by atoms with Crippen LogP contribution in [0.3, 0.4) is 0 Å². The number of Topliss-reactive ketones (excluding diaryl/α,β-unsaturated/α-hetero) is 1. The van der Waals surface area contributed by atoms with Crippen LogP contribution in [-0.2, 0) is 19.1 Å². The lowest BCUT2D eigenvalue weighted by atomic mass is 9.46. The van der Waals surface area contributed by atoms with Crippen LogP contribution in [0.4, 0.5) is 8.78 Å². The summed E-state index contributed by atoms with van der Waals surface area (Å²) in [7, 11) is 0. The number of rotatable bonds is 5. The normalized spacial score (nSPS) is 44.2. The Balaban J connectivity index is 1.79. The number of allylic oxidation sites excluding steroid dienone is 4. The Kier molecular flexibility index (Phi) is 5.95. The Bertz CT molecular complexity index is 941. The smallest absolute Gasteiger partial charge is 0.306 e. The summed E-state index contributed by atoms with van der Waals surface area (Å²) in [5.41, 5.74) is -2.95. The highest BCUT2D eigenvalue weighted by molar-refractivity contribution is 6.04. The largest absolute Gasteiger partial charge is 0.450 e. The van der Waals surface area contributed by atoms with Gasteiger partial charge in [0.2, 0.25) is 11.6 Å². The molecule has 0 aromatic rings. The molecule has 8 atom stereocenters. The maximum Gasteiger partial charge on any atom is 0.306 e. The molecule has 0 radical (unpaired) electrons. The van der Waals surface area contributed by atoms with E-state index in [1.165, 1.54) is 6.08 Å². The number of ketones is 2. The predicted molar refractivity (Wildman–Crippen MR) is 117 cm³/mol. The van der Waals surface area contributed by atoms with Crippen molar-refractivity contribution in [2.75, 3.05) is 6.67 Å². The maximum absolute atomic E-state index is 14.8. The summed E-state index contributed by atoms with van der Waals surface area (Å²) in [5, 5.41) is 11.5. The first kappa shape index (κ1) is 24.2. The van der Waals surface area contributed by atoms with Crippen LogP contribution in [0.15, 0.2) is 23.6 Å². The summed E-state index contributed by atoms with van der Waals surface area (Å²) in [5.74, 6) is -3.59. The molecule has 2 unspecified atom stereocenters. The third-order valence-corrected chi connectivity index (χ3v) is 9.39. The first-order valence-electron chi connectivity index (χ1n) is 12.1. The van der Waals surface area contributed by atoms with Gasteiger partial charge in [0.1, 0.15) is 0 Å². The van der Waals surface area contributed by atoms with Crippen molar-refractivity contribution in [2.24, 2.45) is 34.5 Å². The minimum atomic E-state index is -1.63. The quantitative estimate of drug-likeness (QED) is 0.609. The monoisotopic (exact) mass is 464 g/mol. The molecule has 0 aliphatic heterocycles. The van der Waals surface area contributed by atoms with E-state index in [0.717, 1.165) is 0 Å². The molecule has 1 N–H and O–H groups in total. The second-order valence-electron chi connectivity index (χ2n) is 10.9. The molecule has 0 amide bonds. The van der Waals surface area contributed by atoms with Crippen molar-refractivity contribution < 1.29 is 33.0 Å². The van der Waals surface area contributed by atoms with Gasteiger partial charge in [-0.2, -0.15) is 0 Å². The van der Waals surface area contributed by atoms with Crippen LogP contribution in [0.5, 0.6) is 0 Å². The highest BCUT2D eigenvalue weighted by Crippen LogP contribution is 2.69. The predicted octanol–water partition coefficient (Wildman–Crippen LogP) is 4.43. The average molecular weight is 465 g/mol. The molecular weight excluding hydrogens is 430 g/mol. The van der Waals surface area contributed by atoms with Gasteiger partial charge in [0, 0.05) is 29.1 Å². The van der Waals surface area contributed by atoms with Gasteiger partial charge in [-0.15, -0.1) is 0 Å². The van der Waals surface area contributed by atoms with E-state index >= 15 is 0 Å². The standard InChI is InChI=1S/C26H34F2O5/c1-5-6-21(32)33-26(20(31)13-27)14(2)11-17-15-7-8-16-23(28)18(29)9-10-24(16,3)22(15)19(30)12-25(17,26)4/h9-10,14-15,17,19,22,30H,5-8,11-13H2,1-4H3/t14?,15-,17-,19?,22+,24-,25-,26-/m0/s1. The van der Waals surface area contributed by atoms with Gasteiger partial charge in [-0.05, 0) is 55.6 Å². The number of hydrogen-bond acceptors (Lipinski definition) is 5. The summed E-state index contributed by atoms with van der Waals surface area (Å²) < 4.78 is 34.6. The number of fused-ring (bicyclic) bond motifs is 5. The SMILES string of the molecule is CCCC(=O)O[C@]1(C(=O)CF)C(C)C[C@H]2[C@@H]3CCC4=C(F)C(=O)C=C[C@]4(C)[C@H]3C(O)C[C@@]21C. The topological polar surface area (TPSA) is 80.7 Å². The number of hydrogen-bond donors (Lipinski definition) is 1. The Morgan fingerprint density at radius 2 is 2.00 bits per heavy atom. The van der Waals surface area contributed by atoms with Gasteiger partial charge < -0.3 is 9.84 Å². The summed E-state index contributed by atoms with van der Waals surface area (Å²) in [6.07, 6.45) is 4.35. The molecule has 33 heavy (non-hydrogen) atoms. The van der Waals surface area contributed by atoms with Crippen LogP contribution >= 0.6 is 0 Å². The molecule has 3 fully saturated rings. The van der Waals surface area contributed by atoms with E-state index in [4.69, 9.17) is 4.74 Å². The minimum Gasteiger partial charge on any atom is -0.450 e. The molecule has 0 spiro atoms. The van der Waals surface area contributed by atoms with Crippen LogP contribution < -0.4 is 0 Å². The molecule has 4 aliphatic carbocycles. The zero-order valence-electron chi connectivity index (χ0n) is 19.8. The summed E-state index contributed by atoms with van der Waals surface area (Å²) in [4.78, 5) is 37.7. The van der Waals surface area contributed by atoms with Gasteiger partial charge in [-0.25, -0.2) is 8.78 Å². The Morgan fingerprint density at radius 1 is 1.30 bits per heavy atom. The molecule has 182 valence electrons. The molecule has 4 aliphatic rings. The molecule has 0 bridgehead atoms. The number of carbonyl (C=O) groups excluding carboxylic acids is 3. The Hall–Kier alpha value is -1.89. The molecule has 4 rings (SSSR count). The highest BCUT2D eigenvalue weighted by Gasteiger charge is 2.73. The second kappa shape index (κ2) is 8.10. The maximum atomic E-state index is 14.8. The van der Waals surface area contributed by atoms with Crippen LogP contribution in [0.25, 0.3) is 0 Å². The molecule has 0 saturated heterocycles. The van der Waals surface area contributed by atoms with Gasteiger partial charge in [0.25, 0.3) is 0 Å². The van der Waals surface area contributed by atoms with E-state index < -0.39 is 58.5 Å². The summed E-state index contributed by atoms with van der Waals surface area (Å²) in [6, 6.07) is 0. The number of esters is 1. The van der Waals surface area contributed by atoms with Crippen LogP contribution in [0, 0.1) is 34.5 Å². The van der Waals surface area contributed by atoms with E-state index in [9.17, 15) is 28.3 Å². The molecular formula is C26H34F2O5. The van der Waals surface area contributed by atoms with E-state index in [0.29, 0.717) is 31.3 Å². The second-order valence-corrected chi connectivity index (χ2v) is 10.9. The molecule has 0 aromatic heterocycles. The van der Waals surface area contributed by atoms with Gasteiger partial charge in [0.15, 0.2) is 18.1 Å². The van der Waals surface area contributed by atoms with Crippen molar-refractivity contribution in [3.8, 4) is 0 Å². The zero-order valence-corrected chi connectivity index (χ0v) is 19.8. The van der Waals surface area contributed by atoms with Crippen LogP contribution in [0.2, 0.25) is 0 Å². The number of aliphatic hydroxyl groups excluding tert-OH is 1. The van der Waals surface area contributed by atoms with E-state index in [2.05, 4.69) is 0 Å². The van der Waals surface area contributed by atoms with E-state index in [1.54, 1.807) is 6.08 Å². The average Bonchev–Trinajstić information content (AvgIpc) is 2.97. The first-order chi connectivity index (χ1) is 15.5. The molecule has 0 aromatic carbocycles. The van der Waals surface area contributed by atoms with Gasteiger partial charge >= 0.3 is 5.97 Å². The summed E-state index contributed by atoms with van der Waals surface area (Å²) >= 11 is 0. The Morgan fingerprint density at radius 3 is 2.64 bits per heavy atom. The van der Waals surface area contributed by atoms with Gasteiger partial charge in [-0.1, -0.05) is 33.8 Å². The lowest BCUT2D eigenvalue weighted by Crippen LogP contribution is -2.64. The van der Waals surface area contributed by atoms with Crippen LogP contribution in [-0.4, -0.2) is 41.0 Å². The lowest BCUT2D eigenvalue weighted by molar-refractivity contribution is -0.204. The van der Waals surface area contributed by atoms with E-state index in [-0.39, 0.29) is 30.6 Å². The zero-order chi connectivity index (χ0) is 24.3. The van der Waals surface area contributed by atoms with Crippen molar-refractivity contribution >= 4 is 17.5 Å².